The normalized spacial score (nSPS) is 15.4. The molecule has 0 saturated heterocycles. The number of pyridine rings is 1. The number of nitrogens with zero attached hydrogens (tertiary/aromatic N) is 2. The molecule has 102 valence electrons. The van der Waals surface area contributed by atoms with Gasteiger partial charge in [0.15, 0.2) is 0 Å². The Hall–Kier alpha value is -2.05. The van der Waals surface area contributed by atoms with Crippen LogP contribution in [0.4, 0.5) is 23.8 Å². The third-order valence-electron chi connectivity index (χ3n) is 2.67. The SMILES string of the molecule is O=C(Nc1ccc(C(F)(F)F)cn1)N1CC=CCC1. The van der Waals surface area contributed by atoms with Crippen molar-refractivity contribution in [1.29, 1.82) is 0 Å². The summed E-state index contributed by atoms with van der Waals surface area (Å²) >= 11 is 0. The molecule has 0 saturated carbocycles. The zero-order valence-corrected chi connectivity index (χ0v) is 9.94. The Morgan fingerprint density at radius 3 is 2.63 bits per heavy atom. The van der Waals surface area contributed by atoms with Gasteiger partial charge in [0.05, 0.1) is 5.56 Å². The van der Waals surface area contributed by atoms with Crippen LogP contribution >= 0.6 is 0 Å². The van der Waals surface area contributed by atoms with Crippen molar-refractivity contribution in [3.8, 4) is 0 Å². The van der Waals surface area contributed by atoms with Crippen LogP contribution in [0.3, 0.4) is 0 Å². The Balaban J connectivity index is 1.99. The highest BCUT2D eigenvalue weighted by Crippen LogP contribution is 2.28. The molecule has 0 aliphatic carbocycles. The zero-order chi connectivity index (χ0) is 13.9. The lowest BCUT2D eigenvalue weighted by Crippen LogP contribution is -2.37. The fraction of sp³-hybridized carbons (Fsp3) is 0.333. The van der Waals surface area contributed by atoms with Gasteiger partial charge in [-0.3, -0.25) is 5.32 Å². The number of hydrogen-bond acceptors (Lipinski definition) is 2. The van der Waals surface area contributed by atoms with E-state index >= 15 is 0 Å². The summed E-state index contributed by atoms with van der Waals surface area (Å²) in [6.07, 6.45) is 0.885. The Morgan fingerprint density at radius 1 is 1.32 bits per heavy atom. The fourth-order valence-corrected chi connectivity index (χ4v) is 1.65. The van der Waals surface area contributed by atoms with E-state index in [0.29, 0.717) is 19.3 Å². The first-order valence-corrected chi connectivity index (χ1v) is 5.71. The van der Waals surface area contributed by atoms with Crippen molar-refractivity contribution in [2.75, 3.05) is 18.4 Å². The molecule has 7 heteroatoms. The largest absolute Gasteiger partial charge is 0.417 e. The number of rotatable bonds is 1. The number of urea groups is 1. The number of carbonyl (C=O) groups is 1. The van der Waals surface area contributed by atoms with Crippen LogP contribution in [0.1, 0.15) is 12.0 Å². The molecule has 1 aliphatic heterocycles. The van der Waals surface area contributed by atoms with E-state index in [1.165, 1.54) is 0 Å². The van der Waals surface area contributed by atoms with Crippen LogP contribution in [0, 0.1) is 0 Å². The molecule has 2 heterocycles. The van der Waals surface area contributed by atoms with Crippen molar-refractivity contribution in [2.24, 2.45) is 0 Å². The smallest absolute Gasteiger partial charge is 0.320 e. The molecular weight excluding hydrogens is 259 g/mol. The number of alkyl halides is 3. The maximum Gasteiger partial charge on any atom is 0.417 e. The molecule has 0 unspecified atom stereocenters. The van der Waals surface area contributed by atoms with Crippen LogP contribution in [0.25, 0.3) is 0 Å². The predicted octanol–water partition coefficient (Wildman–Crippen LogP) is 2.89. The van der Waals surface area contributed by atoms with E-state index in [1.54, 1.807) is 4.90 Å². The number of halogens is 3. The van der Waals surface area contributed by atoms with Crippen LogP contribution in [0.5, 0.6) is 0 Å². The lowest BCUT2D eigenvalue weighted by atomic mass is 10.2. The summed E-state index contributed by atoms with van der Waals surface area (Å²) in [4.78, 5) is 16.9. The quantitative estimate of drug-likeness (QED) is 0.798. The third-order valence-corrected chi connectivity index (χ3v) is 2.67. The van der Waals surface area contributed by atoms with Gasteiger partial charge < -0.3 is 4.90 Å². The van der Waals surface area contributed by atoms with E-state index in [9.17, 15) is 18.0 Å². The topological polar surface area (TPSA) is 45.2 Å². The number of carbonyl (C=O) groups excluding carboxylic acids is 1. The number of anilines is 1. The van der Waals surface area contributed by atoms with Gasteiger partial charge in [-0.1, -0.05) is 12.2 Å². The summed E-state index contributed by atoms with van der Waals surface area (Å²) in [5, 5.41) is 2.46. The Labute approximate surface area is 107 Å². The molecule has 0 atom stereocenters. The average Bonchev–Trinajstić information content (AvgIpc) is 2.39. The van der Waals surface area contributed by atoms with E-state index < -0.39 is 11.7 Å². The first kappa shape index (κ1) is 13.4. The van der Waals surface area contributed by atoms with Crippen molar-refractivity contribution in [2.45, 2.75) is 12.6 Å². The highest BCUT2D eigenvalue weighted by atomic mass is 19.4. The van der Waals surface area contributed by atoms with Crippen LogP contribution in [-0.2, 0) is 6.18 Å². The van der Waals surface area contributed by atoms with Crippen molar-refractivity contribution >= 4 is 11.8 Å². The second kappa shape index (κ2) is 5.29. The summed E-state index contributed by atoms with van der Waals surface area (Å²) in [6.45, 7) is 1.08. The van der Waals surface area contributed by atoms with Gasteiger partial charge in [-0.25, -0.2) is 9.78 Å². The number of aromatic nitrogens is 1. The average molecular weight is 271 g/mol. The van der Waals surface area contributed by atoms with Gasteiger partial charge in [0.25, 0.3) is 0 Å². The summed E-state index contributed by atoms with van der Waals surface area (Å²) in [6, 6.07) is 1.66. The third kappa shape index (κ3) is 3.46. The van der Waals surface area contributed by atoms with E-state index in [0.717, 1.165) is 18.6 Å². The molecule has 19 heavy (non-hydrogen) atoms. The van der Waals surface area contributed by atoms with Crippen LogP contribution < -0.4 is 5.32 Å². The maximum absolute atomic E-state index is 12.3. The zero-order valence-electron chi connectivity index (χ0n) is 9.94. The molecule has 2 amide bonds. The molecular formula is C12H12F3N3O. The molecule has 0 radical (unpaired) electrons. The molecule has 2 rings (SSSR count). The monoisotopic (exact) mass is 271 g/mol. The molecule has 1 N–H and O–H groups in total. The highest BCUT2D eigenvalue weighted by molar-refractivity contribution is 5.88. The van der Waals surface area contributed by atoms with Crippen molar-refractivity contribution < 1.29 is 18.0 Å². The number of nitrogens with one attached hydrogen (secondary N) is 1. The number of amides is 2. The van der Waals surface area contributed by atoms with Gasteiger partial charge in [-0.15, -0.1) is 0 Å². The summed E-state index contributed by atoms with van der Waals surface area (Å²) in [5.74, 6) is 0.104. The van der Waals surface area contributed by atoms with E-state index in [-0.39, 0.29) is 11.8 Å². The van der Waals surface area contributed by atoms with E-state index in [4.69, 9.17) is 0 Å². The lowest BCUT2D eigenvalue weighted by Gasteiger charge is -2.23. The first-order valence-electron chi connectivity index (χ1n) is 5.71. The fourth-order valence-electron chi connectivity index (χ4n) is 1.65. The summed E-state index contributed by atoms with van der Waals surface area (Å²) in [7, 11) is 0. The maximum atomic E-state index is 12.3. The Morgan fingerprint density at radius 2 is 2.11 bits per heavy atom. The molecule has 1 aromatic rings. The van der Waals surface area contributed by atoms with Gasteiger partial charge in [0.2, 0.25) is 0 Å². The second-order valence-electron chi connectivity index (χ2n) is 4.07. The van der Waals surface area contributed by atoms with Crippen molar-refractivity contribution in [3.63, 3.8) is 0 Å². The standard InChI is InChI=1S/C12H12F3N3O/c13-12(14,15)9-4-5-10(16-8-9)17-11(19)18-6-2-1-3-7-18/h1-2,4-5,8H,3,6-7H2,(H,16,17,19). The summed E-state index contributed by atoms with van der Waals surface area (Å²) in [5.41, 5.74) is -0.841. The number of hydrogen-bond donors (Lipinski definition) is 1. The molecule has 0 aromatic carbocycles. The predicted molar refractivity (Wildman–Crippen MR) is 63.6 cm³/mol. The van der Waals surface area contributed by atoms with Crippen LogP contribution in [0.2, 0.25) is 0 Å². The van der Waals surface area contributed by atoms with Gasteiger partial charge in [-0.05, 0) is 18.6 Å². The van der Waals surface area contributed by atoms with Gasteiger partial charge in [0, 0.05) is 19.3 Å². The Kier molecular flexibility index (Phi) is 3.73. The van der Waals surface area contributed by atoms with Crippen LogP contribution in [-0.4, -0.2) is 29.0 Å². The molecule has 0 spiro atoms. The van der Waals surface area contributed by atoms with Gasteiger partial charge in [0.1, 0.15) is 5.82 Å². The molecule has 1 aromatic heterocycles. The van der Waals surface area contributed by atoms with Gasteiger partial charge in [-0.2, -0.15) is 13.2 Å². The molecule has 0 bridgehead atoms. The van der Waals surface area contributed by atoms with Crippen LogP contribution in [0.15, 0.2) is 30.5 Å². The van der Waals surface area contributed by atoms with E-state index in [2.05, 4.69) is 10.3 Å². The molecule has 0 fully saturated rings. The van der Waals surface area contributed by atoms with Gasteiger partial charge >= 0.3 is 12.2 Å². The van der Waals surface area contributed by atoms with Crippen molar-refractivity contribution in [3.05, 3.63) is 36.0 Å². The Bertz CT molecular complexity index is 482. The lowest BCUT2D eigenvalue weighted by molar-refractivity contribution is -0.137. The van der Waals surface area contributed by atoms with E-state index in [1.807, 2.05) is 12.2 Å². The minimum Gasteiger partial charge on any atom is -0.320 e. The minimum absolute atomic E-state index is 0.104. The highest BCUT2D eigenvalue weighted by Gasteiger charge is 2.30. The summed E-state index contributed by atoms with van der Waals surface area (Å²) < 4.78 is 37.0. The minimum atomic E-state index is -4.42. The second-order valence-corrected chi connectivity index (χ2v) is 4.07. The molecule has 4 nitrogen and oxygen atoms in total. The molecule has 1 aliphatic rings. The first-order chi connectivity index (χ1) is 8.97. The van der Waals surface area contributed by atoms with Crippen molar-refractivity contribution in [1.82, 2.24) is 9.88 Å².